The monoisotopic (exact) mass is 371 g/mol. The molecule has 1 heterocycles. The Morgan fingerprint density at radius 2 is 2.04 bits per heavy atom. The number of anilines is 1. The van der Waals surface area contributed by atoms with Crippen LogP contribution in [0.15, 0.2) is 35.3 Å². The van der Waals surface area contributed by atoms with Gasteiger partial charge < -0.3 is 15.5 Å². The average Bonchev–Trinajstić information content (AvgIpc) is 2.60. The number of nitrogens with zero attached hydrogens (tertiary/aromatic N) is 3. The van der Waals surface area contributed by atoms with Gasteiger partial charge in [-0.05, 0) is 32.0 Å². The van der Waals surface area contributed by atoms with Gasteiger partial charge in [0.1, 0.15) is 0 Å². The molecule has 146 valence electrons. The number of guanidine groups is 1. The molecule has 0 saturated carbocycles. The predicted octanol–water partition coefficient (Wildman–Crippen LogP) is 2.31. The van der Waals surface area contributed by atoms with Gasteiger partial charge in [-0.3, -0.25) is 9.89 Å². The summed E-state index contributed by atoms with van der Waals surface area (Å²) >= 11 is 0. The lowest BCUT2D eigenvalue weighted by Gasteiger charge is -2.35. The fraction of sp³-hybridized carbons (Fsp3) is 0.611. The van der Waals surface area contributed by atoms with Crippen LogP contribution in [0.25, 0.3) is 0 Å². The van der Waals surface area contributed by atoms with Gasteiger partial charge in [0.25, 0.3) is 0 Å². The van der Waals surface area contributed by atoms with Gasteiger partial charge >= 0.3 is 6.18 Å². The SMILES string of the molecule is CN=C(NCCN(C)CC(F)(F)F)NC1CCCN(c2ccccc2)C1. The smallest absolute Gasteiger partial charge is 0.369 e. The van der Waals surface area contributed by atoms with Crippen LogP contribution >= 0.6 is 0 Å². The molecule has 2 rings (SSSR count). The highest BCUT2D eigenvalue weighted by Gasteiger charge is 2.28. The summed E-state index contributed by atoms with van der Waals surface area (Å²) in [6.45, 7) is 1.69. The zero-order valence-electron chi connectivity index (χ0n) is 15.4. The number of likely N-dealkylation sites (N-methyl/N-ethyl adjacent to an activating group) is 1. The number of hydrogen-bond donors (Lipinski definition) is 2. The standard InChI is InChI=1S/C18H28F3N5/c1-22-17(23-10-12-25(2)14-18(19,20)21)24-15-7-6-11-26(13-15)16-8-4-3-5-9-16/h3-5,8-9,15H,6-7,10-14H2,1-2H3,(H2,22,23,24). The van der Waals surface area contributed by atoms with E-state index in [1.165, 1.54) is 17.6 Å². The van der Waals surface area contributed by atoms with E-state index in [4.69, 9.17) is 0 Å². The number of aliphatic imine (C=N–C) groups is 1. The lowest BCUT2D eigenvalue weighted by Crippen LogP contribution is -2.52. The molecule has 0 aliphatic carbocycles. The molecule has 1 aliphatic rings. The van der Waals surface area contributed by atoms with Crippen LogP contribution in [-0.2, 0) is 0 Å². The minimum atomic E-state index is -4.17. The predicted molar refractivity (Wildman–Crippen MR) is 99.7 cm³/mol. The highest BCUT2D eigenvalue weighted by atomic mass is 19.4. The van der Waals surface area contributed by atoms with Crippen LogP contribution in [0.3, 0.4) is 0 Å². The Balaban J connectivity index is 1.77. The van der Waals surface area contributed by atoms with E-state index in [1.807, 2.05) is 18.2 Å². The van der Waals surface area contributed by atoms with Crippen molar-refractivity contribution in [3.05, 3.63) is 30.3 Å². The maximum absolute atomic E-state index is 12.3. The average molecular weight is 371 g/mol. The van der Waals surface area contributed by atoms with Crippen LogP contribution in [0.4, 0.5) is 18.9 Å². The molecular formula is C18H28F3N5. The normalized spacial score (nSPS) is 18.9. The molecule has 1 aromatic rings. The van der Waals surface area contributed by atoms with Crippen molar-refractivity contribution in [3.8, 4) is 0 Å². The third-order valence-corrected chi connectivity index (χ3v) is 4.34. The number of benzene rings is 1. The maximum atomic E-state index is 12.3. The van der Waals surface area contributed by atoms with Gasteiger partial charge in [-0.25, -0.2) is 0 Å². The van der Waals surface area contributed by atoms with Crippen LogP contribution in [0.1, 0.15) is 12.8 Å². The van der Waals surface area contributed by atoms with E-state index in [0.717, 1.165) is 25.9 Å². The van der Waals surface area contributed by atoms with E-state index in [2.05, 4.69) is 32.7 Å². The van der Waals surface area contributed by atoms with Crippen molar-refractivity contribution in [2.45, 2.75) is 25.1 Å². The number of piperidine rings is 1. The lowest BCUT2D eigenvalue weighted by molar-refractivity contribution is -0.142. The largest absolute Gasteiger partial charge is 0.401 e. The van der Waals surface area contributed by atoms with E-state index in [1.54, 1.807) is 7.05 Å². The topological polar surface area (TPSA) is 42.9 Å². The molecule has 2 N–H and O–H groups in total. The maximum Gasteiger partial charge on any atom is 0.401 e. The Morgan fingerprint density at radius 1 is 1.31 bits per heavy atom. The number of rotatable bonds is 6. The summed E-state index contributed by atoms with van der Waals surface area (Å²) < 4.78 is 37.0. The number of hydrogen-bond acceptors (Lipinski definition) is 3. The summed E-state index contributed by atoms with van der Waals surface area (Å²) in [5.41, 5.74) is 1.20. The summed E-state index contributed by atoms with van der Waals surface area (Å²) in [4.78, 5) is 7.77. The Bertz CT molecular complexity index is 562. The fourth-order valence-electron chi connectivity index (χ4n) is 3.11. The van der Waals surface area contributed by atoms with Gasteiger partial charge in [-0.15, -0.1) is 0 Å². The lowest BCUT2D eigenvalue weighted by atomic mass is 10.1. The van der Waals surface area contributed by atoms with Crippen molar-refractivity contribution < 1.29 is 13.2 Å². The van der Waals surface area contributed by atoms with Gasteiger partial charge in [0, 0.05) is 45.0 Å². The summed E-state index contributed by atoms with van der Waals surface area (Å²) in [7, 11) is 3.14. The van der Waals surface area contributed by atoms with Crippen LogP contribution in [0, 0.1) is 0 Å². The third kappa shape index (κ3) is 7.11. The highest BCUT2D eigenvalue weighted by Crippen LogP contribution is 2.19. The van der Waals surface area contributed by atoms with Gasteiger partial charge in [-0.1, -0.05) is 18.2 Å². The summed E-state index contributed by atoms with van der Waals surface area (Å²) in [5, 5.41) is 6.48. The van der Waals surface area contributed by atoms with Gasteiger partial charge in [0.15, 0.2) is 5.96 Å². The second-order valence-electron chi connectivity index (χ2n) is 6.62. The Morgan fingerprint density at radius 3 is 2.69 bits per heavy atom. The first-order valence-electron chi connectivity index (χ1n) is 8.90. The second kappa shape index (κ2) is 9.66. The van der Waals surface area contributed by atoms with Crippen molar-refractivity contribution in [1.29, 1.82) is 0 Å². The molecule has 0 radical (unpaired) electrons. The number of halogens is 3. The quantitative estimate of drug-likeness (QED) is 0.595. The summed E-state index contributed by atoms with van der Waals surface area (Å²) in [5.74, 6) is 0.630. The van der Waals surface area contributed by atoms with Crippen LogP contribution in [0.2, 0.25) is 0 Å². The molecule has 5 nitrogen and oxygen atoms in total. The molecule has 0 bridgehead atoms. The molecule has 0 aromatic heterocycles. The van der Waals surface area contributed by atoms with Gasteiger partial charge in [-0.2, -0.15) is 13.2 Å². The zero-order chi connectivity index (χ0) is 19.0. The first-order valence-corrected chi connectivity index (χ1v) is 8.90. The molecule has 26 heavy (non-hydrogen) atoms. The van der Waals surface area contributed by atoms with Crippen molar-refractivity contribution in [1.82, 2.24) is 15.5 Å². The van der Waals surface area contributed by atoms with Crippen molar-refractivity contribution in [2.75, 3.05) is 51.7 Å². The van der Waals surface area contributed by atoms with E-state index < -0.39 is 12.7 Å². The summed E-state index contributed by atoms with van der Waals surface area (Å²) in [6.07, 6.45) is -2.05. The molecule has 0 spiro atoms. The Kier molecular flexibility index (Phi) is 7.56. The van der Waals surface area contributed by atoms with Gasteiger partial charge in [0.2, 0.25) is 0 Å². The van der Waals surface area contributed by atoms with Crippen molar-refractivity contribution >= 4 is 11.6 Å². The number of alkyl halides is 3. The molecule has 1 atom stereocenters. The molecule has 1 unspecified atom stereocenters. The first-order chi connectivity index (χ1) is 12.4. The minimum absolute atomic E-state index is 0.253. The third-order valence-electron chi connectivity index (χ3n) is 4.34. The van der Waals surface area contributed by atoms with Crippen LogP contribution < -0.4 is 15.5 Å². The van der Waals surface area contributed by atoms with Crippen molar-refractivity contribution in [2.24, 2.45) is 4.99 Å². The molecule has 1 saturated heterocycles. The molecule has 1 fully saturated rings. The number of nitrogens with one attached hydrogen (secondary N) is 2. The molecule has 1 aromatic carbocycles. The van der Waals surface area contributed by atoms with Gasteiger partial charge in [0.05, 0.1) is 6.54 Å². The minimum Gasteiger partial charge on any atom is -0.369 e. The van der Waals surface area contributed by atoms with E-state index in [9.17, 15) is 13.2 Å². The van der Waals surface area contributed by atoms with Crippen LogP contribution in [-0.4, -0.2) is 69.9 Å². The number of para-hydroxylation sites is 1. The molecule has 0 amide bonds. The van der Waals surface area contributed by atoms with Crippen LogP contribution in [0.5, 0.6) is 0 Å². The van der Waals surface area contributed by atoms with E-state index in [-0.39, 0.29) is 6.04 Å². The highest BCUT2D eigenvalue weighted by molar-refractivity contribution is 5.80. The van der Waals surface area contributed by atoms with Crippen molar-refractivity contribution in [3.63, 3.8) is 0 Å². The van der Waals surface area contributed by atoms with E-state index in [0.29, 0.717) is 19.0 Å². The van der Waals surface area contributed by atoms with E-state index >= 15 is 0 Å². The molecule has 8 heteroatoms. The second-order valence-corrected chi connectivity index (χ2v) is 6.62. The fourth-order valence-corrected chi connectivity index (χ4v) is 3.11. The zero-order valence-corrected chi connectivity index (χ0v) is 15.4. The molecular weight excluding hydrogens is 343 g/mol. The first kappa shape index (κ1) is 20.4. The summed E-state index contributed by atoms with van der Waals surface area (Å²) in [6, 6.07) is 10.5. The molecule has 1 aliphatic heterocycles. The Labute approximate surface area is 153 Å². The Hall–Kier alpha value is -1.96.